The number of hydrogen-bond donors (Lipinski definition) is 1. The number of rotatable bonds is 3. The summed E-state index contributed by atoms with van der Waals surface area (Å²) in [4.78, 5) is 20.5. The highest BCUT2D eigenvalue weighted by Crippen LogP contribution is 2.17. The molecule has 3 heterocycles. The van der Waals surface area contributed by atoms with Crippen molar-refractivity contribution in [1.82, 2.24) is 19.6 Å². The molecule has 0 aliphatic carbocycles. The molecule has 0 fully saturated rings. The lowest BCUT2D eigenvalue weighted by atomic mass is 10.3. The van der Waals surface area contributed by atoms with E-state index in [0.717, 1.165) is 5.75 Å². The number of thioether (sulfide) groups is 1. The van der Waals surface area contributed by atoms with E-state index in [4.69, 9.17) is 4.42 Å². The number of furan rings is 1. The monoisotopic (exact) mass is 262 g/mol. The Bertz CT molecular complexity index is 729. The van der Waals surface area contributed by atoms with Crippen LogP contribution in [0.15, 0.2) is 38.8 Å². The Hall–Kier alpha value is -2.02. The molecule has 0 radical (unpaired) electrons. The number of H-pyrrole nitrogens is 1. The van der Waals surface area contributed by atoms with Crippen molar-refractivity contribution in [3.05, 3.63) is 34.8 Å². The second kappa shape index (κ2) is 4.34. The molecule has 18 heavy (non-hydrogen) atoms. The molecule has 0 atom stereocenters. The predicted octanol–water partition coefficient (Wildman–Crippen LogP) is 1.79. The van der Waals surface area contributed by atoms with Gasteiger partial charge in [-0.25, -0.2) is 4.98 Å². The predicted molar refractivity (Wildman–Crippen MR) is 67.7 cm³/mol. The Morgan fingerprint density at radius 2 is 2.39 bits per heavy atom. The molecule has 0 bridgehead atoms. The molecule has 0 unspecified atom stereocenters. The molecule has 0 spiro atoms. The zero-order chi connectivity index (χ0) is 12.5. The number of hydrogen-bond acceptors (Lipinski definition) is 5. The van der Waals surface area contributed by atoms with Crippen LogP contribution in [0.3, 0.4) is 0 Å². The van der Waals surface area contributed by atoms with Crippen molar-refractivity contribution in [2.45, 2.75) is 12.1 Å². The van der Waals surface area contributed by atoms with E-state index in [-0.39, 0.29) is 5.56 Å². The molecule has 0 saturated heterocycles. The largest absolute Gasteiger partial charge is 0.463 e. The van der Waals surface area contributed by atoms with Gasteiger partial charge in [-0.15, -0.1) is 0 Å². The van der Waals surface area contributed by atoms with Crippen molar-refractivity contribution < 1.29 is 4.42 Å². The van der Waals surface area contributed by atoms with Crippen LogP contribution in [-0.2, 0) is 0 Å². The third kappa shape index (κ3) is 1.82. The van der Waals surface area contributed by atoms with Crippen LogP contribution >= 0.6 is 11.8 Å². The van der Waals surface area contributed by atoms with Gasteiger partial charge < -0.3 is 4.42 Å². The third-order valence-corrected chi connectivity index (χ3v) is 3.11. The van der Waals surface area contributed by atoms with Gasteiger partial charge in [-0.2, -0.15) is 9.50 Å². The quantitative estimate of drug-likeness (QED) is 0.728. The minimum Gasteiger partial charge on any atom is -0.463 e. The van der Waals surface area contributed by atoms with Crippen LogP contribution in [0.5, 0.6) is 0 Å². The van der Waals surface area contributed by atoms with Crippen LogP contribution in [0, 0.1) is 0 Å². The molecular weight excluding hydrogens is 252 g/mol. The Kier molecular flexibility index (Phi) is 2.67. The van der Waals surface area contributed by atoms with E-state index >= 15 is 0 Å². The first kappa shape index (κ1) is 11.1. The lowest BCUT2D eigenvalue weighted by molar-refractivity contribution is 0.579. The van der Waals surface area contributed by atoms with Crippen molar-refractivity contribution in [1.29, 1.82) is 0 Å². The van der Waals surface area contributed by atoms with Gasteiger partial charge in [-0.1, -0.05) is 18.7 Å². The highest BCUT2D eigenvalue weighted by atomic mass is 32.2. The number of fused-ring (bicyclic) bond motifs is 1. The zero-order valence-electron chi connectivity index (χ0n) is 9.58. The molecule has 92 valence electrons. The SMILES string of the molecule is CCSc1nc2nc(-c3ccco3)cc(=O)n2[nH]1. The summed E-state index contributed by atoms with van der Waals surface area (Å²) in [5.41, 5.74) is 0.284. The zero-order valence-corrected chi connectivity index (χ0v) is 10.4. The normalized spacial score (nSPS) is 11.2. The molecule has 0 amide bonds. The Morgan fingerprint density at radius 1 is 1.50 bits per heavy atom. The Balaban J connectivity index is 2.18. The van der Waals surface area contributed by atoms with Crippen molar-refractivity contribution in [2.75, 3.05) is 5.75 Å². The average Bonchev–Trinajstić information content (AvgIpc) is 2.97. The van der Waals surface area contributed by atoms with Crippen molar-refractivity contribution in [3.8, 4) is 11.5 Å². The Labute approximate surface area is 106 Å². The van der Waals surface area contributed by atoms with Crippen LogP contribution in [0.25, 0.3) is 17.2 Å². The molecule has 0 saturated carbocycles. The van der Waals surface area contributed by atoms with Gasteiger partial charge >= 0.3 is 0 Å². The van der Waals surface area contributed by atoms with Crippen molar-refractivity contribution in [2.24, 2.45) is 0 Å². The fourth-order valence-corrected chi connectivity index (χ4v) is 2.19. The van der Waals surface area contributed by atoms with Gasteiger partial charge in [0, 0.05) is 6.07 Å². The third-order valence-electron chi connectivity index (χ3n) is 2.36. The van der Waals surface area contributed by atoms with Gasteiger partial charge in [-0.3, -0.25) is 9.89 Å². The van der Waals surface area contributed by atoms with Crippen LogP contribution < -0.4 is 5.56 Å². The molecule has 0 aromatic carbocycles. The minimum atomic E-state index is -0.207. The van der Waals surface area contributed by atoms with E-state index in [1.54, 1.807) is 18.4 Å². The van der Waals surface area contributed by atoms with E-state index < -0.39 is 0 Å². The van der Waals surface area contributed by atoms with Crippen LogP contribution in [0.4, 0.5) is 0 Å². The summed E-state index contributed by atoms with van der Waals surface area (Å²) in [5.74, 6) is 1.78. The summed E-state index contributed by atoms with van der Waals surface area (Å²) in [6.45, 7) is 2.02. The van der Waals surface area contributed by atoms with E-state index in [9.17, 15) is 4.79 Å². The summed E-state index contributed by atoms with van der Waals surface area (Å²) < 4.78 is 6.55. The first-order valence-electron chi connectivity index (χ1n) is 5.44. The van der Waals surface area contributed by atoms with Gasteiger partial charge in [0.15, 0.2) is 10.9 Å². The van der Waals surface area contributed by atoms with Gasteiger partial charge in [0.05, 0.1) is 6.26 Å². The highest BCUT2D eigenvalue weighted by molar-refractivity contribution is 7.99. The van der Waals surface area contributed by atoms with Crippen molar-refractivity contribution in [3.63, 3.8) is 0 Å². The number of aromatic amines is 1. The number of nitrogens with zero attached hydrogens (tertiary/aromatic N) is 3. The smallest absolute Gasteiger partial charge is 0.274 e. The highest BCUT2D eigenvalue weighted by Gasteiger charge is 2.10. The molecule has 1 N–H and O–H groups in total. The molecule has 6 nitrogen and oxygen atoms in total. The van der Waals surface area contributed by atoms with Gasteiger partial charge in [0.1, 0.15) is 5.69 Å². The lowest BCUT2D eigenvalue weighted by Crippen LogP contribution is -2.14. The first-order valence-corrected chi connectivity index (χ1v) is 6.43. The van der Waals surface area contributed by atoms with Gasteiger partial charge in [0.25, 0.3) is 11.3 Å². The fourth-order valence-electron chi connectivity index (χ4n) is 1.61. The fraction of sp³-hybridized carbons (Fsp3) is 0.182. The average molecular weight is 262 g/mol. The second-order valence-corrected chi connectivity index (χ2v) is 4.81. The maximum atomic E-state index is 11.9. The molecular formula is C11H10N4O2S. The van der Waals surface area contributed by atoms with Gasteiger partial charge in [0.2, 0.25) is 0 Å². The van der Waals surface area contributed by atoms with E-state index in [1.165, 1.54) is 22.3 Å². The summed E-state index contributed by atoms with van der Waals surface area (Å²) in [6.07, 6.45) is 1.54. The standard InChI is InChI=1S/C11H10N4O2S/c1-2-18-11-13-10-12-7(8-4-3-5-17-8)6-9(16)15(10)14-11/h3-6H,2H2,1H3,(H,12,13,14). The van der Waals surface area contributed by atoms with Crippen LogP contribution in [0.1, 0.15) is 6.92 Å². The summed E-state index contributed by atoms with van der Waals surface area (Å²) in [6, 6.07) is 4.93. The van der Waals surface area contributed by atoms with Crippen molar-refractivity contribution >= 4 is 17.5 Å². The molecule has 3 aromatic rings. The minimum absolute atomic E-state index is 0.207. The Morgan fingerprint density at radius 3 is 3.11 bits per heavy atom. The second-order valence-electron chi connectivity index (χ2n) is 3.55. The van der Waals surface area contributed by atoms with E-state index in [1.807, 2.05) is 6.92 Å². The maximum Gasteiger partial charge on any atom is 0.274 e. The number of nitrogens with one attached hydrogen (secondary N) is 1. The van der Waals surface area contributed by atoms with Crippen LogP contribution in [0.2, 0.25) is 0 Å². The summed E-state index contributed by atoms with van der Waals surface area (Å²) in [5, 5.41) is 3.58. The van der Waals surface area contributed by atoms with Crippen LogP contribution in [-0.4, -0.2) is 25.3 Å². The van der Waals surface area contributed by atoms with E-state index in [2.05, 4.69) is 15.1 Å². The number of aromatic nitrogens is 4. The topological polar surface area (TPSA) is 76.2 Å². The summed E-state index contributed by atoms with van der Waals surface area (Å²) in [7, 11) is 0. The maximum absolute atomic E-state index is 11.9. The summed E-state index contributed by atoms with van der Waals surface area (Å²) >= 11 is 1.52. The molecule has 3 aromatic heterocycles. The molecule has 7 heteroatoms. The first-order chi connectivity index (χ1) is 8.78. The van der Waals surface area contributed by atoms with E-state index in [0.29, 0.717) is 22.4 Å². The molecule has 0 aliphatic rings. The molecule has 3 rings (SSSR count). The lowest BCUT2D eigenvalue weighted by Gasteiger charge is -1.95. The van der Waals surface area contributed by atoms with Gasteiger partial charge in [-0.05, 0) is 17.9 Å². The molecule has 0 aliphatic heterocycles.